The highest BCUT2D eigenvalue weighted by molar-refractivity contribution is 6.30. The third-order valence-electron chi connectivity index (χ3n) is 3.72. The van der Waals surface area contributed by atoms with Crippen LogP contribution < -0.4 is 5.73 Å². The molecule has 0 spiro atoms. The summed E-state index contributed by atoms with van der Waals surface area (Å²) in [5, 5.41) is 0.793. The summed E-state index contributed by atoms with van der Waals surface area (Å²) < 4.78 is 0. The third kappa shape index (κ3) is 3.01. The van der Waals surface area contributed by atoms with E-state index >= 15 is 0 Å². The molecule has 2 nitrogen and oxygen atoms in total. The molecule has 0 aromatic heterocycles. The Balaban J connectivity index is 2.06. The minimum atomic E-state index is 0.229. The molecular weight excluding hydrogens is 232 g/mol. The van der Waals surface area contributed by atoms with Gasteiger partial charge in [-0.3, -0.25) is 4.90 Å². The van der Waals surface area contributed by atoms with Crippen molar-refractivity contribution in [3.8, 4) is 0 Å². The van der Waals surface area contributed by atoms with Gasteiger partial charge in [0.25, 0.3) is 0 Å². The molecule has 0 amide bonds. The molecule has 1 aliphatic rings. The quantitative estimate of drug-likeness (QED) is 0.877. The van der Waals surface area contributed by atoms with Gasteiger partial charge < -0.3 is 5.73 Å². The Morgan fingerprint density at radius 3 is 2.47 bits per heavy atom. The van der Waals surface area contributed by atoms with E-state index in [0.29, 0.717) is 12.0 Å². The van der Waals surface area contributed by atoms with Crippen LogP contribution in [-0.2, 0) is 0 Å². The second-order valence-electron chi connectivity index (χ2n) is 5.20. The number of likely N-dealkylation sites (tertiary alicyclic amines) is 1. The SMILES string of the molecule is CC(C)N1CCC(c2ccc(Cl)cc2)C(N)C1. The van der Waals surface area contributed by atoms with Gasteiger partial charge in [-0.2, -0.15) is 0 Å². The number of rotatable bonds is 2. The highest BCUT2D eigenvalue weighted by atomic mass is 35.5. The van der Waals surface area contributed by atoms with Gasteiger partial charge in [0.2, 0.25) is 0 Å². The zero-order valence-corrected chi connectivity index (χ0v) is 11.3. The van der Waals surface area contributed by atoms with Gasteiger partial charge in [-0.05, 0) is 44.5 Å². The van der Waals surface area contributed by atoms with E-state index in [-0.39, 0.29) is 6.04 Å². The predicted octanol–water partition coefficient (Wildman–Crippen LogP) is 2.87. The van der Waals surface area contributed by atoms with Crippen LogP contribution in [0.15, 0.2) is 24.3 Å². The lowest BCUT2D eigenvalue weighted by atomic mass is 9.85. The first-order chi connectivity index (χ1) is 8.08. The van der Waals surface area contributed by atoms with E-state index in [0.717, 1.165) is 24.5 Å². The second kappa shape index (κ2) is 5.38. The van der Waals surface area contributed by atoms with Gasteiger partial charge in [-0.15, -0.1) is 0 Å². The standard InChI is InChI=1S/C14H21ClN2/c1-10(2)17-8-7-13(14(16)9-17)11-3-5-12(15)6-4-11/h3-6,10,13-14H,7-9,16H2,1-2H3. The topological polar surface area (TPSA) is 29.3 Å². The van der Waals surface area contributed by atoms with E-state index in [1.165, 1.54) is 5.56 Å². The lowest BCUT2D eigenvalue weighted by Gasteiger charge is -2.39. The van der Waals surface area contributed by atoms with Gasteiger partial charge in [0, 0.05) is 29.6 Å². The summed E-state index contributed by atoms with van der Waals surface area (Å²) in [7, 11) is 0. The zero-order valence-electron chi connectivity index (χ0n) is 10.6. The summed E-state index contributed by atoms with van der Waals surface area (Å²) >= 11 is 5.91. The summed E-state index contributed by atoms with van der Waals surface area (Å²) in [5.41, 5.74) is 7.63. The molecule has 0 saturated carbocycles. The molecular formula is C14H21ClN2. The second-order valence-corrected chi connectivity index (χ2v) is 5.64. The number of nitrogens with zero attached hydrogens (tertiary/aromatic N) is 1. The lowest BCUT2D eigenvalue weighted by Crippen LogP contribution is -2.49. The largest absolute Gasteiger partial charge is 0.326 e. The number of piperidine rings is 1. The van der Waals surface area contributed by atoms with Gasteiger partial charge in [0.15, 0.2) is 0 Å². The molecule has 2 atom stereocenters. The van der Waals surface area contributed by atoms with E-state index < -0.39 is 0 Å². The maximum Gasteiger partial charge on any atom is 0.0406 e. The Hall–Kier alpha value is -0.570. The van der Waals surface area contributed by atoms with Crippen molar-refractivity contribution >= 4 is 11.6 Å². The molecule has 0 bridgehead atoms. The molecule has 1 saturated heterocycles. The molecule has 1 aromatic rings. The molecule has 2 N–H and O–H groups in total. The zero-order chi connectivity index (χ0) is 12.4. The first-order valence-electron chi connectivity index (χ1n) is 6.33. The average Bonchev–Trinajstić information content (AvgIpc) is 2.30. The Labute approximate surface area is 109 Å². The fourth-order valence-electron chi connectivity index (χ4n) is 2.60. The van der Waals surface area contributed by atoms with Gasteiger partial charge in [0.1, 0.15) is 0 Å². The maximum atomic E-state index is 6.30. The van der Waals surface area contributed by atoms with Crippen molar-refractivity contribution in [3.05, 3.63) is 34.9 Å². The molecule has 17 heavy (non-hydrogen) atoms. The first-order valence-corrected chi connectivity index (χ1v) is 6.71. The number of halogens is 1. The monoisotopic (exact) mass is 252 g/mol. The number of benzene rings is 1. The first kappa shape index (κ1) is 12.9. The van der Waals surface area contributed by atoms with E-state index in [1.54, 1.807) is 0 Å². The molecule has 0 aliphatic carbocycles. The van der Waals surface area contributed by atoms with Gasteiger partial charge in [-0.1, -0.05) is 23.7 Å². The normalized spacial score (nSPS) is 26.4. The van der Waals surface area contributed by atoms with Crippen LogP contribution in [0.3, 0.4) is 0 Å². The highest BCUT2D eigenvalue weighted by Gasteiger charge is 2.28. The fourth-order valence-corrected chi connectivity index (χ4v) is 2.73. The molecule has 3 heteroatoms. The van der Waals surface area contributed by atoms with Crippen LogP contribution in [0.1, 0.15) is 31.7 Å². The van der Waals surface area contributed by atoms with Crippen molar-refractivity contribution in [2.24, 2.45) is 5.73 Å². The average molecular weight is 253 g/mol. The number of hydrogen-bond acceptors (Lipinski definition) is 2. The van der Waals surface area contributed by atoms with Crippen molar-refractivity contribution < 1.29 is 0 Å². The molecule has 1 fully saturated rings. The van der Waals surface area contributed by atoms with Crippen molar-refractivity contribution in [3.63, 3.8) is 0 Å². The Morgan fingerprint density at radius 2 is 1.94 bits per heavy atom. The molecule has 94 valence electrons. The summed E-state index contributed by atoms with van der Waals surface area (Å²) in [6, 6.07) is 8.95. The molecule has 1 aromatic carbocycles. The molecule has 2 unspecified atom stereocenters. The van der Waals surface area contributed by atoms with Gasteiger partial charge >= 0.3 is 0 Å². The van der Waals surface area contributed by atoms with Crippen molar-refractivity contribution in [2.45, 2.75) is 38.3 Å². The van der Waals surface area contributed by atoms with E-state index in [9.17, 15) is 0 Å². The third-order valence-corrected chi connectivity index (χ3v) is 3.97. The molecule has 2 rings (SSSR count). The van der Waals surface area contributed by atoms with Crippen LogP contribution >= 0.6 is 11.6 Å². The highest BCUT2D eigenvalue weighted by Crippen LogP contribution is 2.28. The van der Waals surface area contributed by atoms with Crippen molar-refractivity contribution in [2.75, 3.05) is 13.1 Å². The minimum Gasteiger partial charge on any atom is -0.326 e. The van der Waals surface area contributed by atoms with Gasteiger partial charge in [0.05, 0.1) is 0 Å². The van der Waals surface area contributed by atoms with Crippen LogP contribution in [0, 0.1) is 0 Å². The summed E-state index contributed by atoms with van der Waals surface area (Å²) in [5.74, 6) is 0.474. The summed E-state index contributed by atoms with van der Waals surface area (Å²) in [6.45, 7) is 6.59. The number of nitrogens with two attached hydrogens (primary N) is 1. The summed E-state index contributed by atoms with van der Waals surface area (Å²) in [6.07, 6.45) is 1.14. The van der Waals surface area contributed by atoms with Crippen LogP contribution in [0.2, 0.25) is 5.02 Å². The van der Waals surface area contributed by atoms with E-state index in [1.807, 2.05) is 12.1 Å². The van der Waals surface area contributed by atoms with Gasteiger partial charge in [-0.25, -0.2) is 0 Å². The fraction of sp³-hybridized carbons (Fsp3) is 0.571. The Bertz CT molecular complexity index is 361. The molecule has 1 heterocycles. The van der Waals surface area contributed by atoms with Crippen LogP contribution in [-0.4, -0.2) is 30.1 Å². The van der Waals surface area contributed by atoms with E-state index in [2.05, 4.69) is 30.9 Å². The maximum absolute atomic E-state index is 6.30. The molecule has 1 aliphatic heterocycles. The van der Waals surface area contributed by atoms with Crippen LogP contribution in [0.25, 0.3) is 0 Å². The van der Waals surface area contributed by atoms with Crippen LogP contribution in [0.5, 0.6) is 0 Å². The lowest BCUT2D eigenvalue weighted by molar-refractivity contribution is 0.154. The predicted molar refractivity (Wildman–Crippen MR) is 73.5 cm³/mol. The van der Waals surface area contributed by atoms with Crippen molar-refractivity contribution in [1.82, 2.24) is 4.90 Å². The van der Waals surface area contributed by atoms with Crippen molar-refractivity contribution in [1.29, 1.82) is 0 Å². The van der Waals surface area contributed by atoms with E-state index in [4.69, 9.17) is 17.3 Å². The Kier molecular flexibility index (Phi) is 4.08. The molecule has 0 radical (unpaired) electrons. The summed E-state index contributed by atoms with van der Waals surface area (Å²) in [4.78, 5) is 2.46. The smallest absolute Gasteiger partial charge is 0.0406 e. The van der Waals surface area contributed by atoms with Crippen LogP contribution in [0.4, 0.5) is 0 Å². The minimum absolute atomic E-state index is 0.229. The number of hydrogen-bond donors (Lipinski definition) is 1. The Morgan fingerprint density at radius 1 is 1.29 bits per heavy atom.